The van der Waals surface area contributed by atoms with Crippen LogP contribution in [-0.4, -0.2) is 53.5 Å². The van der Waals surface area contributed by atoms with Crippen LogP contribution in [0, 0.1) is 11.8 Å². The van der Waals surface area contributed by atoms with Crippen molar-refractivity contribution in [2.24, 2.45) is 11.8 Å². The molecule has 0 unspecified atom stereocenters. The van der Waals surface area contributed by atoms with E-state index in [9.17, 15) is 14.4 Å². The van der Waals surface area contributed by atoms with E-state index in [4.69, 9.17) is 9.84 Å². The first kappa shape index (κ1) is 22.3. The molecular formula is C17H26BN2O5S. The lowest BCUT2D eigenvalue weighted by molar-refractivity contribution is -0.151. The normalized spacial score (nSPS) is 13.7. The van der Waals surface area contributed by atoms with Crippen LogP contribution >= 0.6 is 11.3 Å². The molecule has 143 valence electrons. The summed E-state index contributed by atoms with van der Waals surface area (Å²) >= 11 is 1.16. The zero-order valence-electron chi connectivity index (χ0n) is 15.8. The zero-order chi connectivity index (χ0) is 19.9. The van der Waals surface area contributed by atoms with Crippen LogP contribution in [0.2, 0.25) is 0 Å². The molecule has 7 nitrogen and oxygen atoms in total. The van der Waals surface area contributed by atoms with Gasteiger partial charge in [-0.05, 0) is 18.9 Å². The van der Waals surface area contributed by atoms with Gasteiger partial charge in [-0.2, -0.15) is 0 Å². The fraction of sp³-hybridized carbons (Fsp3) is 0.647. The summed E-state index contributed by atoms with van der Waals surface area (Å²) in [5, 5.41) is 11.0. The number of aromatic carboxylic acids is 1. The molecule has 0 aromatic carbocycles. The highest BCUT2D eigenvalue weighted by Gasteiger charge is 2.29. The van der Waals surface area contributed by atoms with E-state index in [1.54, 1.807) is 11.9 Å². The maximum Gasteiger partial charge on any atom is 0.355 e. The minimum atomic E-state index is -1.12. The molecule has 9 heteroatoms. The van der Waals surface area contributed by atoms with Gasteiger partial charge in [0.15, 0.2) is 11.8 Å². The molecule has 0 bridgehead atoms. The molecule has 0 aliphatic heterocycles. The first-order chi connectivity index (χ1) is 12.1. The number of carbonyl (C=O) groups is 3. The number of carbonyl (C=O) groups excluding carboxylic acids is 2. The predicted octanol–water partition coefficient (Wildman–Crippen LogP) is 2.63. The van der Waals surface area contributed by atoms with Gasteiger partial charge in [0.05, 0.1) is 6.19 Å². The second kappa shape index (κ2) is 10.4. The lowest BCUT2D eigenvalue weighted by Crippen LogP contribution is -2.40. The smallest absolute Gasteiger partial charge is 0.355 e. The number of thiazole rings is 1. The van der Waals surface area contributed by atoms with Gasteiger partial charge in [-0.15, -0.1) is 11.3 Å². The highest BCUT2D eigenvalue weighted by Crippen LogP contribution is 2.30. The van der Waals surface area contributed by atoms with Crippen molar-refractivity contribution in [1.82, 2.24) is 9.79 Å². The van der Waals surface area contributed by atoms with Crippen molar-refractivity contribution >= 4 is 36.9 Å². The van der Waals surface area contributed by atoms with Crippen LogP contribution in [0.1, 0.15) is 62.1 Å². The van der Waals surface area contributed by atoms with Crippen molar-refractivity contribution in [3.8, 4) is 0 Å². The lowest BCUT2D eigenvalue weighted by atomic mass is 9.86. The molecule has 0 spiro atoms. The molecule has 26 heavy (non-hydrogen) atoms. The standard InChI is InChI=1S/C17H26BN2O5S/c1-10(2)6-15(22)25-14(16-19-12(8-26-16)17(23)24)7-13(11(3)4)20(5)18-9-21/h8-11,13-14H,6-7H2,1-5H3,(H,23,24)/t13-,14-/m0/s1. The summed E-state index contributed by atoms with van der Waals surface area (Å²) in [5.41, 5.74) is -0.0659. The number of nitrogens with zero attached hydrogens (tertiary/aromatic N) is 2. The van der Waals surface area contributed by atoms with Crippen LogP contribution in [0.4, 0.5) is 0 Å². The highest BCUT2D eigenvalue weighted by atomic mass is 32.1. The number of carboxylic acids is 1. The van der Waals surface area contributed by atoms with Gasteiger partial charge in [0.1, 0.15) is 5.01 Å². The fourth-order valence-corrected chi connectivity index (χ4v) is 3.44. The Bertz CT molecular complexity index is 620. The minimum Gasteiger partial charge on any atom is -0.476 e. The predicted molar refractivity (Wildman–Crippen MR) is 101 cm³/mol. The molecule has 0 amide bonds. The third-order valence-electron chi connectivity index (χ3n) is 3.91. The van der Waals surface area contributed by atoms with Crippen LogP contribution in [0.3, 0.4) is 0 Å². The Labute approximate surface area is 159 Å². The Kier molecular flexibility index (Phi) is 8.94. The molecule has 1 aromatic heterocycles. The lowest BCUT2D eigenvalue weighted by Gasteiger charge is -2.32. The average Bonchev–Trinajstić information content (AvgIpc) is 3.00. The monoisotopic (exact) mass is 381 g/mol. The second-order valence-corrected chi connectivity index (χ2v) is 7.84. The molecule has 0 saturated heterocycles. The van der Waals surface area contributed by atoms with Crippen molar-refractivity contribution in [2.45, 2.75) is 52.7 Å². The topological polar surface area (TPSA) is 96.8 Å². The largest absolute Gasteiger partial charge is 0.476 e. The molecule has 0 fully saturated rings. The summed E-state index contributed by atoms with van der Waals surface area (Å²) in [5.74, 6) is -1.13. The van der Waals surface area contributed by atoms with E-state index in [2.05, 4.69) is 4.98 Å². The van der Waals surface area contributed by atoms with Crippen molar-refractivity contribution in [3.63, 3.8) is 0 Å². The quantitative estimate of drug-likeness (QED) is 0.358. The van der Waals surface area contributed by atoms with E-state index in [0.717, 1.165) is 11.3 Å². The first-order valence-corrected chi connectivity index (χ1v) is 9.42. The number of hydrogen-bond acceptors (Lipinski definition) is 7. The van der Waals surface area contributed by atoms with Crippen molar-refractivity contribution in [3.05, 3.63) is 16.1 Å². The summed E-state index contributed by atoms with van der Waals surface area (Å²) in [7, 11) is 3.22. The number of esters is 1. The number of rotatable bonds is 11. The van der Waals surface area contributed by atoms with E-state index < -0.39 is 12.1 Å². The minimum absolute atomic E-state index is 0.0659. The van der Waals surface area contributed by atoms with Crippen LogP contribution in [0.15, 0.2) is 5.38 Å². The van der Waals surface area contributed by atoms with E-state index >= 15 is 0 Å². The Morgan fingerprint density at radius 1 is 1.38 bits per heavy atom. The maximum absolute atomic E-state index is 12.2. The summed E-state index contributed by atoms with van der Waals surface area (Å²) in [6, 6.07) is -0.0748. The summed E-state index contributed by atoms with van der Waals surface area (Å²) in [4.78, 5) is 40.0. The highest BCUT2D eigenvalue weighted by molar-refractivity contribution is 7.09. The molecule has 1 N–H and O–H groups in total. The van der Waals surface area contributed by atoms with Crippen molar-refractivity contribution in [1.29, 1.82) is 0 Å². The molecule has 1 radical (unpaired) electrons. The molecule has 0 aliphatic carbocycles. The number of hydrogen-bond donors (Lipinski definition) is 1. The molecule has 1 aromatic rings. The van der Waals surface area contributed by atoms with E-state index in [0.29, 0.717) is 17.6 Å². The zero-order valence-corrected chi connectivity index (χ0v) is 16.7. The first-order valence-electron chi connectivity index (χ1n) is 8.54. The average molecular weight is 381 g/mol. The van der Waals surface area contributed by atoms with Crippen molar-refractivity contribution in [2.75, 3.05) is 7.05 Å². The molecule has 2 atom stereocenters. The summed E-state index contributed by atoms with van der Waals surface area (Å²) in [6.45, 7) is 7.87. The molecule has 0 aliphatic rings. The van der Waals surface area contributed by atoms with E-state index in [-0.39, 0.29) is 36.0 Å². The Hall–Kier alpha value is -1.74. The second-order valence-electron chi connectivity index (χ2n) is 6.95. The van der Waals surface area contributed by atoms with Crippen molar-refractivity contribution < 1.29 is 24.2 Å². The maximum atomic E-state index is 12.2. The van der Waals surface area contributed by atoms with Gasteiger partial charge in [-0.25, -0.2) is 9.78 Å². The fourth-order valence-electron chi connectivity index (χ4n) is 2.61. The third kappa shape index (κ3) is 6.88. The SMILES string of the molecule is CC(C)CC(=O)O[C@@H](C[C@@H](C(C)C)N(C)[B]C=O)c1nc(C(=O)O)cs1. The number of carboxylic acid groups (broad SMARTS) is 1. The van der Waals surface area contributed by atoms with Crippen LogP contribution < -0.4 is 0 Å². The van der Waals surface area contributed by atoms with E-state index in [1.807, 2.05) is 27.7 Å². The number of aromatic nitrogens is 1. The third-order valence-corrected chi connectivity index (χ3v) is 4.85. The summed E-state index contributed by atoms with van der Waals surface area (Å²) < 4.78 is 5.64. The molecule has 0 saturated carbocycles. The Morgan fingerprint density at radius 2 is 2.04 bits per heavy atom. The van der Waals surface area contributed by atoms with Gasteiger partial charge >= 0.3 is 11.9 Å². The Morgan fingerprint density at radius 3 is 2.50 bits per heavy atom. The van der Waals surface area contributed by atoms with Gasteiger partial charge in [0.25, 0.3) is 7.41 Å². The van der Waals surface area contributed by atoms with Crippen LogP contribution in [0.5, 0.6) is 0 Å². The van der Waals surface area contributed by atoms with Gasteiger partial charge in [0.2, 0.25) is 0 Å². The van der Waals surface area contributed by atoms with Crippen LogP contribution in [0.25, 0.3) is 0 Å². The number of ether oxygens (including phenoxy) is 1. The molecule has 1 rings (SSSR count). The van der Waals surface area contributed by atoms with Gasteiger partial charge in [-0.3, -0.25) is 4.79 Å². The van der Waals surface area contributed by atoms with Crippen LogP contribution in [-0.2, 0) is 14.3 Å². The van der Waals surface area contributed by atoms with Gasteiger partial charge in [-0.1, -0.05) is 27.7 Å². The molecule has 1 heterocycles. The molecular weight excluding hydrogens is 355 g/mol. The Balaban J connectivity index is 3.06. The van der Waals surface area contributed by atoms with Gasteiger partial charge < -0.3 is 19.4 Å². The van der Waals surface area contributed by atoms with E-state index in [1.165, 1.54) is 12.8 Å². The van der Waals surface area contributed by atoms with Gasteiger partial charge in [0, 0.05) is 24.3 Å². The summed E-state index contributed by atoms with van der Waals surface area (Å²) in [6.07, 6.45) is 0.737.